The second-order valence-corrected chi connectivity index (χ2v) is 4.85. The predicted molar refractivity (Wildman–Crippen MR) is 62.1 cm³/mol. The minimum absolute atomic E-state index is 0.0919. The number of nitriles is 1. The highest BCUT2D eigenvalue weighted by atomic mass is 19.4. The smallest absolute Gasteiger partial charge is 0.391 e. The van der Waals surface area contributed by atoms with E-state index in [0.717, 1.165) is 0 Å². The molecule has 0 atom stereocenters. The van der Waals surface area contributed by atoms with Crippen molar-refractivity contribution in [2.75, 3.05) is 0 Å². The number of halogens is 3. The molecule has 1 saturated carbocycles. The minimum Gasteiger partial charge on any atom is -0.449 e. The third-order valence-electron chi connectivity index (χ3n) is 3.53. The van der Waals surface area contributed by atoms with Crippen LogP contribution in [-0.2, 0) is 6.54 Å². The maximum Gasteiger partial charge on any atom is 0.391 e. The SMILES string of the molecule is N#Cc1ccc(CNC2CCC(C(F)(F)F)CC2)o1. The molecular weight excluding hydrogens is 257 g/mol. The number of hydrogen-bond donors (Lipinski definition) is 1. The lowest BCUT2D eigenvalue weighted by molar-refractivity contribution is -0.182. The average Bonchev–Trinajstić information content (AvgIpc) is 2.84. The Morgan fingerprint density at radius 3 is 2.47 bits per heavy atom. The van der Waals surface area contributed by atoms with Crippen molar-refractivity contribution in [3.63, 3.8) is 0 Å². The van der Waals surface area contributed by atoms with Crippen LogP contribution in [0.15, 0.2) is 16.5 Å². The third-order valence-corrected chi connectivity index (χ3v) is 3.53. The molecule has 0 bridgehead atoms. The summed E-state index contributed by atoms with van der Waals surface area (Å²) in [6.07, 6.45) is -2.65. The zero-order chi connectivity index (χ0) is 13.9. The minimum atomic E-state index is -4.06. The van der Waals surface area contributed by atoms with E-state index in [9.17, 15) is 13.2 Å². The van der Waals surface area contributed by atoms with Crippen LogP contribution in [0.5, 0.6) is 0 Å². The van der Waals surface area contributed by atoms with Gasteiger partial charge in [0.2, 0.25) is 5.76 Å². The number of nitrogens with one attached hydrogen (secondary N) is 1. The molecule has 0 aliphatic heterocycles. The second kappa shape index (κ2) is 5.66. The lowest BCUT2D eigenvalue weighted by atomic mass is 9.85. The van der Waals surface area contributed by atoms with E-state index >= 15 is 0 Å². The molecule has 3 nitrogen and oxygen atoms in total. The Morgan fingerprint density at radius 2 is 1.95 bits per heavy atom. The summed E-state index contributed by atoms with van der Waals surface area (Å²) >= 11 is 0. The Hall–Kier alpha value is -1.48. The van der Waals surface area contributed by atoms with Gasteiger partial charge in [-0.05, 0) is 37.8 Å². The molecule has 0 spiro atoms. The molecule has 1 fully saturated rings. The van der Waals surface area contributed by atoms with Crippen LogP contribution in [0.3, 0.4) is 0 Å². The van der Waals surface area contributed by atoms with E-state index in [1.807, 2.05) is 6.07 Å². The Bertz CT molecular complexity index is 453. The average molecular weight is 272 g/mol. The van der Waals surface area contributed by atoms with Crippen LogP contribution in [0.1, 0.15) is 37.2 Å². The van der Waals surface area contributed by atoms with Crippen molar-refractivity contribution in [1.82, 2.24) is 5.32 Å². The molecule has 0 radical (unpaired) electrons. The van der Waals surface area contributed by atoms with E-state index < -0.39 is 12.1 Å². The predicted octanol–water partition coefficient (Wildman–Crippen LogP) is 3.36. The lowest BCUT2D eigenvalue weighted by Crippen LogP contribution is -2.36. The second-order valence-electron chi connectivity index (χ2n) is 4.85. The van der Waals surface area contributed by atoms with E-state index in [2.05, 4.69) is 5.32 Å². The first-order valence-electron chi connectivity index (χ1n) is 6.28. The lowest BCUT2D eigenvalue weighted by Gasteiger charge is -2.30. The Balaban J connectivity index is 1.76. The van der Waals surface area contributed by atoms with E-state index in [0.29, 0.717) is 25.1 Å². The first-order valence-corrected chi connectivity index (χ1v) is 6.28. The molecule has 6 heteroatoms. The molecule has 1 heterocycles. The summed E-state index contributed by atoms with van der Waals surface area (Å²) in [6.45, 7) is 0.447. The molecule has 1 aromatic heterocycles. The molecule has 2 rings (SSSR count). The van der Waals surface area contributed by atoms with E-state index in [-0.39, 0.29) is 24.6 Å². The normalized spacial score (nSPS) is 24.1. The monoisotopic (exact) mass is 272 g/mol. The molecule has 0 saturated heterocycles. The standard InChI is InChI=1S/C13H15F3N2O/c14-13(15,16)9-1-3-10(4-2-9)18-8-12-6-5-11(7-17)19-12/h5-6,9-10,18H,1-4,8H2. The van der Waals surface area contributed by atoms with E-state index in [4.69, 9.17) is 9.68 Å². The van der Waals surface area contributed by atoms with Crippen molar-refractivity contribution in [2.45, 2.75) is 44.4 Å². The van der Waals surface area contributed by atoms with Crippen LogP contribution in [0.2, 0.25) is 0 Å². The molecule has 0 amide bonds. The molecule has 0 unspecified atom stereocenters. The molecule has 1 N–H and O–H groups in total. The first kappa shape index (κ1) is 13.9. The number of hydrogen-bond acceptors (Lipinski definition) is 3. The van der Waals surface area contributed by atoms with E-state index in [1.54, 1.807) is 12.1 Å². The van der Waals surface area contributed by atoms with Gasteiger partial charge in [-0.2, -0.15) is 18.4 Å². The fourth-order valence-electron chi connectivity index (χ4n) is 2.40. The number of nitrogens with zero attached hydrogens (tertiary/aromatic N) is 1. The summed E-state index contributed by atoms with van der Waals surface area (Å²) in [7, 11) is 0. The van der Waals surface area contributed by atoms with Gasteiger partial charge in [-0.3, -0.25) is 0 Å². The Morgan fingerprint density at radius 1 is 1.26 bits per heavy atom. The molecule has 1 aliphatic carbocycles. The Kier molecular flexibility index (Phi) is 4.15. The fraction of sp³-hybridized carbons (Fsp3) is 0.615. The van der Waals surface area contributed by atoms with Crippen molar-refractivity contribution in [1.29, 1.82) is 5.26 Å². The fourth-order valence-corrected chi connectivity index (χ4v) is 2.40. The molecule has 1 aromatic rings. The quantitative estimate of drug-likeness (QED) is 0.917. The summed E-state index contributed by atoms with van der Waals surface area (Å²) in [5.74, 6) is -0.272. The van der Waals surface area contributed by atoms with Crippen molar-refractivity contribution in [2.24, 2.45) is 5.92 Å². The van der Waals surface area contributed by atoms with Crippen molar-refractivity contribution < 1.29 is 17.6 Å². The van der Waals surface area contributed by atoms with Crippen LogP contribution >= 0.6 is 0 Å². The highest BCUT2D eigenvalue weighted by Crippen LogP contribution is 2.37. The number of rotatable bonds is 3. The van der Waals surface area contributed by atoms with Crippen LogP contribution < -0.4 is 5.32 Å². The number of furan rings is 1. The van der Waals surface area contributed by atoms with Gasteiger partial charge in [-0.1, -0.05) is 0 Å². The molecule has 19 heavy (non-hydrogen) atoms. The molecule has 0 aromatic carbocycles. The first-order chi connectivity index (χ1) is 8.99. The maximum absolute atomic E-state index is 12.5. The van der Waals surface area contributed by atoms with Gasteiger partial charge in [0.25, 0.3) is 0 Å². The summed E-state index contributed by atoms with van der Waals surface area (Å²) in [5.41, 5.74) is 0. The van der Waals surface area contributed by atoms with Gasteiger partial charge >= 0.3 is 6.18 Å². The highest BCUT2D eigenvalue weighted by Gasteiger charge is 2.41. The van der Waals surface area contributed by atoms with Gasteiger partial charge in [0, 0.05) is 6.04 Å². The zero-order valence-corrected chi connectivity index (χ0v) is 10.3. The summed E-state index contributed by atoms with van der Waals surface area (Å²) in [4.78, 5) is 0. The largest absolute Gasteiger partial charge is 0.449 e. The van der Waals surface area contributed by atoms with E-state index in [1.165, 1.54) is 0 Å². The van der Waals surface area contributed by atoms with Gasteiger partial charge < -0.3 is 9.73 Å². The number of alkyl halides is 3. The van der Waals surface area contributed by atoms with Crippen molar-refractivity contribution in [3.05, 3.63) is 23.7 Å². The molecule has 104 valence electrons. The zero-order valence-electron chi connectivity index (χ0n) is 10.3. The summed E-state index contributed by atoms with van der Waals surface area (Å²) in [5, 5.41) is 11.8. The summed E-state index contributed by atoms with van der Waals surface area (Å²) < 4.78 is 42.7. The highest BCUT2D eigenvalue weighted by molar-refractivity contribution is 5.18. The van der Waals surface area contributed by atoms with Crippen LogP contribution in [0.25, 0.3) is 0 Å². The molecule has 1 aliphatic rings. The van der Waals surface area contributed by atoms with Gasteiger partial charge in [0.05, 0.1) is 12.5 Å². The van der Waals surface area contributed by atoms with Crippen molar-refractivity contribution >= 4 is 0 Å². The Labute approximate surface area is 109 Å². The van der Waals surface area contributed by atoms with Crippen LogP contribution in [0.4, 0.5) is 13.2 Å². The van der Waals surface area contributed by atoms with Crippen LogP contribution in [-0.4, -0.2) is 12.2 Å². The topological polar surface area (TPSA) is 49.0 Å². The molecular formula is C13H15F3N2O. The van der Waals surface area contributed by atoms with Gasteiger partial charge in [-0.25, -0.2) is 0 Å². The summed E-state index contributed by atoms with van der Waals surface area (Å²) in [6, 6.07) is 5.26. The van der Waals surface area contributed by atoms with Crippen LogP contribution in [0, 0.1) is 17.2 Å². The van der Waals surface area contributed by atoms with Gasteiger partial charge in [-0.15, -0.1) is 0 Å². The van der Waals surface area contributed by atoms with Gasteiger partial charge in [0.1, 0.15) is 11.8 Å². The third kappa shape index (κ3) is 3.74. The van der Waals surface area contributed by atoms with Gasteiger partial charge in [0.15, 0.2) is 0 Å². The van der Waals surface area contributed by atoms with Crippen molar-refractivity contribution in [3.8, 4) is 6.07 Å². The maximum atomic E-state index is 12.5.